The molecule has 194 valence electrons. The van der Waals surface area contributed by atoms with Crippen molar-refractivity contribution in [3.8, 4) is 5.82 Å². The predicted molar refractivity (Wildman–Crippen MR) is 154 cm³/mol. The number of carbonyl (C=O) groups is 1. The van der Waals surface area contributed by atoms with Crippen LogP contribution in [-0.4, -0.2) is 37.0 Å². The van der Waals surface area contributed by atoms with Crippen LogP contribution in [0.25, 0.3) is 5.82 Å². The lowest BCUT2D eigenvalue weighted by molar-refractivity contribution is -0.116. The summed E-state index contributed by atoms with van der Waals surface area (Å²) in [5, 5.41) is 7.12. The molecule has 4 heterocycles. The van der Waals surface area contributed by atoms with Crippen LogP contribution in [-0.2, 0) is 4.79 Å². The van der Waals surface area contributed by atoms with Crippen LogP contribution in [0, 0.1) is 27.7 Å². The van der Waals surface area contributed by atoms with Gasteiger partial charge in [0.2, 0.25) is 5.91 Å². The Bertz CT molecular complexity index is 1460. The number of pyridine rings is 2. The van der Waals surface area contributed by atoms with E-state index in [2.05, 4.69) is 56.0 Å². The van der Waals surface area contributed by atoms with Crippen LogP contribution < -0.4 is 10.6 Å². The van der Waals surface area contributed by atoms with Crippen LogP contribution in [0.1, 0.15) is 52.3 Å². The summed E-state index contributed by atoms with van der Waals surface area (Å²) in [5.74, 6) is 0.830. The summed E-state index contributed by atoms with van der Waals surface area (Å²) in [4.78, 5) is 24.3. The second-order valence-corrected chi connectivity index (χ2v) is 10.2. The molecule has 0 bridgehead atoms. The minimum absolute atomic E-state index is 0.0484. The highest BCUT2D eigenvalue weighted by Crippen LogP contribution is 2.41. The molecule has 0 saturated carbocycles. The van der Waals surface area contributed by atoms with Crippen molar-refractivity contribution in [2.75, 3.05) is 11.9 Å². The molecular formula is C30H32N6OS. The third-order valence-electron chi connectivity index (χ3n) is 6.99. The van der Waals surface area contributed by atoms with Crippen molar-refractivity contribution < 1.29 is 4.79 Å². The molecule has 2 atom stereocenters. The van der Waals surface area contributed by atoms with E-state index in [9.17, 15) is 4.79 Å². The average molecular weight is 525 g/mol. The van der Waals surface area contributed by atoms with Gasteiger partial charge in [-0.15, -0.1) is 0 Å². The van der Waals surface area contributed by atoms with Gasteiger partial charge in [0.1, 0.15) is 5.82 Å². The molecule has 8 heteroatoms. The molecule has 0 aliphatic carbocycles. The van der Waals surface area contributed by atoms with Crippen LogP contribution in [0.15, 0.2) is 73.1 Å². The van der Waals surface area contributed by atoms with E-state index in [1.54, 1.807) is 6.20 Å². The first-order chi connectivity index (χ1) is 18.3. The van der Waals surface area contributed by atoms with Crippen molar-refractivity contribution in [1.82, 2.24) is 24.8 Å². The standard InChI is InChI=1S/C30H32N6OS/c1-19-8-7-9-23(16-19)33-27(37)13-15-35-29(28(34-30(35)38)25-10-5-6-14-31-25)24-17-21(3)36(22(24)4)26-12-11-20(2)18-32-26/h5-12,14,16-18,28-29H,13,15H2,1-4H3,(H,33,37)(H,34,38)/t28-,29+/m1/s1. The third kappa shape index (κ3) is 5.17. The van der Waals surface area contributed by atoms with Gasteiger partial charge < -0.3 is 20.1 Å². The fourth-order valence-electron chi connectivity index (χ4n) is 5.18. The fourth-order valence-corrected chi connectivity index (χ4v) is 5.52. The number of aryl methyl sites for hydroxylation is 3. The zero-order valence-corrected chi connectivity index (χ0v) is 22.9. The molecular weight excluding hydrogens is 492 g/mol. The molecule has 1 fully saturated rings. The number of nitrogens with zero attached hydrogens (tertiary/aromatic N) is 4. The zero-order valence-electron chi connectivity index (χ0n) is 22.1. The highest BCUT2D eigenvalue weighted by Gasteiger charge is 2.41. The first-order valence-electron chi connectivity index (χ1n) is 12.8. The maximum Gasteiger partial charge on any atom is 0.226 e. The lowest BCUT2D eigenvalue weighted by Gasteiger charge is -2.28. The molecule has 0 radical (unpaired) electrons. The van der Waals surface area contributed by atoms with Gasteiger partial charge in [0, 0.05) is 42.4 Å². The molecule has 1 saturated heterocycles. The smallest absolute Gasteiger partial charge is 0.226 e. The second-order valence-electron chi connectivity index (χ2n) is 9.84. The first-order valence-corrected chi connectivity index (χ1v) is 13.2. The molecule has 1 aromatic carbocycles. The summed E-state index contributed by atoms with van der Waals surface area (Å²) in [6.07, 6.45) is 3.99. The van der Waals surface area contributed by atoms with Crippen LogP contribution in [0.4, 0.5) is 5.69 Å². The van der Waals surface area contributed by atoms with Crippen LogP contribution >= 0.6 is 12.2 Å². The fraction of sp³-hybridized carbons (Fsp3) is 0.267. The Labute approximate surface area is 228 Å². The number of benzene rings is 1. The number of amides is 1. The predicted octanol–water partition coefficient (Wildman–Crippen LogP) is 5.50. The lowest BCUT2D eigenvalue weighted by atomic mass is 9.96. The van der Waals surface area contributed by atoms with Crippen molar-refractivity contribution in [3.05, 3.63) is 107 Å². The van der Waals surface area contributed by atoms with E-state index in [0.29, 0.717) is 18.1 Å². The molecule has 7 nitrogen and oxygen atoms in total. The number of anilines is 1. The third-order valence-corrected chi connectivity index (χ3v) is 7.35. The summed E-state index contributed by atoms with van der Waals surface area (Å²) in [7, 11) is 0. The van der Waals surface area contributed by atoms with E-state index in [-0.39, 0.29) is 18.0 Å². The van der Waals surface area contributed by atoms with Gasteiger partial charge in [-0.25, -0.2) is 4.98 Å². The molecule has 38 heavy (non-hydrogen) atoms. The first kappa shape index (κ1) is 25.6. The van der Waals surface area contributed by atoms with Crippen molar-refractivity contribution in [1.29, 1.82) is 0 Å². The monoisotopic (exact) mass is 524 g/mol. The number of rotatable bonds is 7. The van der Waals surface area contributed by atoms with Crippen molar-refractivity contribution in [2.24, 2.45) is 0 Å². The molecule has 0 unspecified atom stereocenters. The minimum atomic E-state index is -0.150. The number of carbonyl (C=O) groups excluding carboxylic acids is 1. The summed E-state index contributed by atoms with van der Waals surface area (Å²) in [6.45, 7) is 8.73. The van der Waals surface area contributed by atoms with Gasteiger partial charge in [0.05, 0.1) is 17.8 Å². The van der Waals surface area contributed by atoms with Gasteiger partial charge >= 0.3 is 0 Å². The quantitative estimate of drug-likeness (QED) is 0.311. The number of thiocarbonyl (C=S) groups is 1. The maximum atomic E-state index is 12.9. The van der Waals surface area contributed by atoms with Gasteiger partial charge in [0.15, 0.2) is 5.11 Å². The van der Waals surface area contributed by atoms with Crippen molar-refractivity contribution >= 4 is 28.9 Å². The summed E-state index contributed by atoms with van der Waals surface area (Å²) >= 11 is 5.82. The number of aromatic nitrogens is 3. The summed E-state index contributed by atoms with van der Waals surface area (Å²) < 4.78 is 2.17. The number of hydrogen-bond acceptors (Lipinski definition) is 4. The Morgan fingerprint density at radius 2 is 1.84 bits per heavy atom. The van der Waals surface area contributed by atoms with Gasteiger partial charge in [-0.2, -0.15) is 0 Å². The molecule has 5 rings (SSSR count). The molecule has 3 aromatic heterocycles. The van der Waals surface area contributed by atoms with Crippen LogP contribution in [0.2, 0.25) is 0 Å². The van der Waals surface area contributed by atoms with E-state index in [1.165, 1.54) is 0 Å². The molecule has 1 aliphatic heterocycles. The van der Waals surface area contributed by atoms with Gasteiger partial charge in [-0.05, 0) is 93.0 Å². The molecule has 0 spiro atoms. The Hall–Kier alpha value is -4.04. The van der Waals surface area contributed by atoms with E-state index in [0.717, 1.165) is 45.3 Å². The summed E-state index contributed by atoms with van der Waals surface area (Å²) in [5.41, 5.74) is 7.23. The molecule has 1 aliphatic rings. The van der Waals surface area contributed by atoms with Gasteiger partial charge in [-0.1, -0.05) is 24.3 Å². The van der Waals surface area contributed by atoms with Crippen molar-refractivity contribution in [3.63, 3.8) is 0 Å². The number of nitrogens with one attached hydrogen (secondary N) is 2. The van der Waals surface area contributed by atoms with Crippen molar-refractivity contribution in [2.45, 2.75) is 46.2 Å². The van der Waals surface area contributed by atoms with E-state index < -0.39 is 0 Å². The normalized spacial score (nSPS) is 16.9. The SMILES string of the molecule is Cc1ccc(-n2c(C)cc([C@H]3[C@@H](c4ccccn4)NC(=S)N3CCC(=O)Nc3cccc(C)c3)c2C)nc1. The molecule has 2 N–H and O–H groups in total. The topological polar surface area (TPSA) is 75.1 Å². The zero-order chi connectivity index (χ0) is 26.8. The van der Waals surface area contributed by atoms with Crippen LogP contribution in [0.3, 0.4) is 0 Å². The lowest BCUT2D eigenvalue weighted by Crippen LogP contribution is -2.32. The largest absolute Gasteiger partial charge is 0.352 e. The van der Waals surface area contributed by atoms with E-state index in [4.69, 9.17) is 12.2 Å². The van der Waals surface area contributed by atoms with Gasteiger partial charge in [-0.3, -0.25) is 9.78 Å². The molecule has 1 amide bonds. The highest BCUT2D eigenvalue weighted by molar-refractivity contribution is 7.80. The van der Waals surface area contributed by atoms with E-state index >= 15 is 0 Å². The van der Waals surface area contributed by atoms with Gasteiger partial charge in [0.25, 0.3) is 0 Å². The van der Waals surface area contributed by atoms with Crippen LogP contribution in [0.5, 0.6) is 0 Å². The second kappa shape index (κ2) is 10.8. The Morgan fingerprint density at radius 1 is 1.00 bits per heavy atom. The Morgan fingerprint density at radius 3 is 2.55 bits per heavy atom. The Balaban J connectivity index is 1.46. The van der Waals surface area contributed by atoms with E-state index in [1.807, 2.05) is 68.6 Å². The maximum absolute atomic E-state index is 12.9. The molecule has 4 aromatic rings. The Kier molecular flexibility index (Phi) is 7.24. The number of hydrogen-bond donors (Lipinski definition) is 2. The minimum Gasteiger partial charge on any atom is -0.352 e. The average Bonchev–Trinajstić information content (AvgIpc) is 3.38. The highest BCUT2D eigenvalue weighted by atomic mass is 32.1. The summed E-state index contributed by atoms with van der Waals surface area (Å²) in [6, 6.07) is 19.8.